The number of aromatic nitrogens is 4. The van der Waals surface area contributed by atoms with Crippen molar-refractivity contribution in [3.05, 3.63) is 157 Å². The molecule has 8 bridgehead atoms. The van der Waals surface area contributed by atoms with E-state index in [-0.39, 0.29) is 17.5 Å². The van der Waals surface area contributed by atoms with Crippen LogP contribution in [0.1, 0.15) is 30.0 Å². The number of rotatable bonds is 6. The summed E-state index contributed by atoms with van der Waals surface area (Å²) >= 11 is 0. The molecule has 8 nitrogen and oxygen atoms in total. The first-order chi connectivity index (χ1) is 26.4. The van der Waals surface area contributed by atoms with Gasteiger partial charge in [0.25, 0.3) is 11.7 Å². The lowest BCUT2D eigenvalue weighted by molar-refractivity contribution is -0.194. The predicted molar refractivity (Wildman–Crippen MR) is 213 cm³/mol. The van der Waals surface area contributed by atoms with Gasteiger partial charge in [-0.1, -0.05) is 105 Å². The zero-order valence-corrected chi connectivity index (χ0v) is 30.0. The maximum absolute atomic E-state index is 14.1. The van der Waals surface area contributed by atoms with Crippen LogP contribution in [0.25, 0.3) is 66.6 Å². The molecule has 9 rings (SSSR count). The monoisotopic (exact) mass is 709 g/mol. The third-order valence-corrected chi connectivity index (χ3v) is 10.1. The molecule has 3 aromatic heterocycles. The van der Waals surface area contributed by atoms with Gasteiger partial charge in [-0.15, -0.1) is 0 Å². The predicted octanol–water partition coefficient (Wildman–Crippen LogP) is 11.0. The third-order valence-electron chi connectivity index (χ3n) is 10.1. The lowest BCUT2D eigenvalue weighted by Crippen LogP contribution is -2.38. The van der Waals surface area contributed by atoms with Gasteiger partial charge in [-0.05, 0) is 47.0 Å². The Hall–Kier alpha value is -6.77. The third kappa shape index (κ3) is 5.47. The highest BCUT2D eigenvalue weighted by Crippen LogP contribution is 2.48. The summed E-state index contributed by atoms with van der Waals surface area (Å²) in [4.78, 5) is 30.2. The van der Waals surface area contributed by atoms with Crippen molar-refractivity contribution >= 4 is 28.0 Å². The molecule has 0 amide bonds. The maximum atomic E-state index is 14.1. The molecule has 5 heterocycles. The van der Waals surface area contributed by atoms with Gasteiger partial charge in [0.15, 0.2) is 11.3 Å². The summed E-state index contributed by atoms with van der Waals surface area (Å²) in [5.41, 5.74) is 10.4. The maximum Gasteiger partial charge on any atom is 0.365 e. The van der Waals surface area contributed by atoms with Gasteiger partial charge in [-0.3, -0.25) is 0 Å². The van der Waals surface area contributed by atoms with E-state index in [2.05, 4.69) is 53.1 Å². The van der Waals surface area contributed by atoms with Gasteiger partial charge in [-0.2, -0.15) is 4.98 Å². The number of nitrogens with zero attached hydrogens (tertiary/aromatic N) is 1. The van der Waals surface area contributed by atoms with Crippen LogP contribution < -0.4 is 9.47 Å². The number of carbonyl (C=O) groups excluding carboxylic acids is 1. The number of ether oxygens (including phenoxy) is 3. The van der Waals surface area contributed by atoms with E-state index >= 15 is 0 Å². The van der Waals surface area contributed by atoms with Crippen molar-refractivity contribution in [1.29, 1.82) is 0 Å². The van der Waals surface area contributed by atoms with Crippen molar-refractivity contribution in [3.8, 4) is 56.3 Å². The quantitative estimate of drug-likeness (QED) is 0.118. The van der Waals surface area contributed by atoms with E-state index < -0.39 is 11.8 Å². The van der Waals surface area contributed by atoms with E-state index in [9.17, 15) is 4.79 Å². The highest BCUT2D eigenvalue weighted by Gasteiger charge is 2.46. The van der Waals surface area contributed by atoms with Crippen molar-refractivity contribution in [3.63, 3.8) is 0 Å². The summed E-state index contributed by atoms with van der Waals surface area (Å²) in [6.45, 7) is 4.18. The fourth-order valence-corrected chi connectivity index (χ4v) is 7.59. The van der Waals surface area contributed by atoms with Crippen LogP contribution in [0, 0.1) is 5.92 Å². The van der Waals surface area contributed by atoms with Crippen LogP contribution in [-0.4, -0.2) is 33.0 Å². The second-order valence-corrected chi connectivity index (χ2v) is 13.6. The van der Waals surface area contributed by atoms with Crippen molar-refractivity contribution in [2.45, 2.75) is 19.6 Å². The number of nitrogens with one attached hydrogen (secondary N) is 3. The molecule has 54 heavy (non-hydrogen) atoms. The van der Waals surface area contributed by atoms with E-state index in [1.165, 1.54) is 0 Å². The highest BCUT2D eigenvalue weighted by molar-refractivity contribution is 6.04. The minimum atomic E-state index is -1.20. The summed E-state index contributed by atoms with van der Waals surface area (Å²) in [5.74, 6) is -1.13. The SMILES string of the molecule is CO[C@]1(C(C)C)Oc2[nH]c1c(-c1ccccc1)c1ccc([nH]1)c(-c1ccccc1)c1nc([c+](-c3ccccc3)c3ccc([nH]3)c2-c2ccccc2)OC1=O. The van der Waals surface area contributed by atoms with Crippen LogP contribution in [0.2, 0.25) is 0 Å². The summed E-state index contributed by atoms with van der Waals surface area (Å²) in [7, 11) is 1.69. The Morgan fingerprint density at radius 3 is 1.74 bits per heavy atom. The molecule has 2 aliphatic heterocycles. The standard InChI is InChI=1S/C46H36N4O4/c1-28(2)46(52-3)42-38(30-18-10-5-11-19-30)34-25-24-33(47-34)37(29-16-8-4-9-17-29)41-45(51)53-43(49-41)39(31-20-12-6-13-21-31)35-26-27-36(48-35)40(44(50-42)54-46)32-22-14-7-15-23-32/h4-28,48H,1-3H3,(H-,47,50,51)/p+1/t46-/m1/s1. The molecule has 0 saturated heterocycles. The van der Waals surface area contributed by atoms with Crippen LogP contribution >= 0.6 is 0 Å². The smallest absolute Gasteiger partial charge is 0.365 e. The molecule has 0 fully saturated rings. The fraction of sp³-hybridized carbons (Fsp3) is 0.109. The molecule has 1 atom stereocenters. The van der Waals surface area contributed by atoms with Gasteiger partial charge in [0, 0.05) is 59.5 Å². The van der Waals surface area contributed by atoms with Crippen molar-refractivity contribution in [1.82, 2.24) is 19.9 Å². The summed E-state index contributed by atoms with van der Waals surface area (Å²) in [6, 6.07) is 47.9. The van der Waals surface area contributed by atoms with Crippen molar-refractivity contribution in [2.24, 2.45) is 5.92 Å². The lowest BCUT2D eigenvalue weighted by Gasteiger charge is -2.32. The average Bonchev–Trinajstić information content (AvgIpc) is 4.02. The molecule has 2 aliphatic rings. The molecule has 8 heteroatoms. The first-order valence-corrected chi connectivity index (χ1v) is 18.0. The molecular formula is C46H37N4O4+. The average molecular weight is 710 g/mol. The molecule has 264 valence electrons. The normalized spacial score (nSPS) is 15.2. The Balaban J connectivity index is 1.54. The Kier molecular flexibility index (Phi) is 8.17. The molecule has 3 N–H and O–H groups in total. The second kappa shape index (κ2) is 13.3. The Morgan fingerprint density at radius 1 is 0.630 bits per heavy atom. The minimum Gasteiger partial charge on any atom is -0.440 e. The second-order valence-electron chi connectivity index (χ2n) is 13.6. The molecular weight excluding hydrogens is 673 g/mol. The van der Waals surface area contributed by atoms with Crippen molar-refractivity contribution in [2.75, 3.05) is 7.11 Å². The molecule has 0 saturated carbocycles. The van der Waals surface area contributed by atoms with Gasteiger partial charge in [0.05, 0.1) is 11.1 Å². The highest BCUT2D eigenvalue weighted by atomic mass is 16.7. The first kappa shape index (κ1) is 33.1. The number of methoxy groups -OCH3 is 1. The first-order valence-electron chi connectivity index (χ1n) is 18.0. The van der Waals surface area contributed by atoms with E-state index in [1.807, 2.05) is 121 Å². The summed E-state index contributed by atoms with van der Waals surface area (Å²) in [6.07, 6.45) is 0. The number of fused-ring (bicyclic) bond motifs is 8. The largest absolute Gasteiger partial charge is 0.440 e. The number of carbonyl (C=O) groups is 1. The van der Waals surface area contributed by atoms with Gasteiger partial charge < -0.3 is 29.2 Å². The molecule has 0 spiro atoms. The molecule has 7 aromatic rings. The van der Waals surface area contributed by atoms with E-state index in [1.54, 1.807) is 7.11 Å². The zero-order chi connectivity index (χ0) is 36.8. The number of esters is 1. The molecule has 0 radical (unpaired) electrons. The van der Waals surface area contributed by atoms with Crippen molar-refractivity contribution < 1.29 is 19.0 Å². The van der Waals surface area contributed by atoms with E-state index in [4.69, 9.17) is 19.2 Å². The summed E-state index contributed by atoms with van der Waals surface area (Å²) in [5, 5.41) is 0. The molecule has 0 unspecified atom stereocenters. The van der Waals surface area contributed by atoms with Crippen LogP contribution in [-0.2, 0) is 10.5 Å². The van der Waals surface area contributed by atoms with Gasteiger partial charge in [0.1, 0.15) is 16.8 Å². The number of benzene rings is 4. The lowest BCUT2D eigenvalue weighted by atomic mass is 9.92. The molecule has 4 aromatic carbocycles. The molecule has 0 aliphatic carbocycles. The van der Waals surface area contributed by atoms with Crippen LogP contribution in [0.5, 0.6) is 11.8 Å². The van der Waals surface area contributed by atoms with E-state index in [0.717, 1.165) is 50.1 Å². The Labute approximate surface area is 312 Å². The number of hydrogen-bond donors (Lipinski definition) is 3. The van der Waals surface area contributed by atoms with Crippen LogP contribution in [0.4, 0.5) is 0 Å². The number of H-pyrrole nitrogens is 3. The topological polar surface area (TPSA) is 105 Å². The minimum absolute atomic E-state index is 0.130. The van der Waals surface area contributed by atoms with E-state index in [0.29, 0.717) is 28.0 Å². The van der Waals surface area contributed by atoms with Crippen LogP contribution in [0.3, 0.4) is 0 Å². The number of hydrogen-bond acceptors (Lipinski definition) is 5. The fourth-order valence-electron chi connectivity index (χ4n) is 7.59. The Bertz CT molecular complexity index is 2690. The zero-order valence-electron chi connectivity index (χ0n) is 30.0. The number of aromatic amines is 3. The van der Waals surface area contributed by atoms with Gasteiger partial charge in [-0.25, -0.2) is 4.79 Å². The Morgan fingerprint density at radius 2 is 1.15 bits per heavy atom. The summed E-state index contributed by atoms with van der Waals surface area (Å²) < 4.78 is 19.7. The van der Waals surface area contributed by atoms with Crippen LogP contribution in [0.15, 0.2) is 146 Å². The van der Waals surface area contributed by atoms with Gasteiger partial charge in [0.2, 0.25) is 5.88 Å². The van der Waals surface area contributed by atoms with Gasteiger partial charge >= 0.3 is 5.97 Å².